The molecule has 0 saturated carbocycles. The number of methoxy groups -OCH3 is 2. The molecule has 0 aromatic heterocycles. The van der Waals surface area contributed by atoms with Crippen LogP contribution in [0.5, 0.6) is 0 Å². The highest BCUT2D eigenvalue weighted by atomic mass is 16.6. The van der Waals surface area contributed by atoms with Crippen LogP contribution >= 0.6 is 0 Å². The predicted octanol–water partition coefficient (Wildman–Crippen LogP) is 4.09. The molecule has 1 aliphatic rings. The van der Waals surface area contributed by atoms with Gasteiger partial charge in [0.25, 0.3) is 0 Å². The maximum absolute atomic E-state index is 13.5. The molecule has 0 unspecified atom stereocenters. The van der Waals surface area contributed by atoms with Gasteiger partial charge in [-0.15, -0.1) is 0 Å². The Kier molecular flexibility index (Phi) is 18.5. The first-order chi connectivity index (χ1) is 22.8. The van der Waals surface area contributed by atoms with Crippen LogP contribution in [0.3, 0.4) is 0 Å². The lowest BCUT2D eigenvalue weighted by atomic mass is 9.82. The molecule has 0 aromatic carbocycles. The molecule has 49 heavy (non-hydrogen) atoms. The van der Waals surface area contributed by atoms with Gasteiger partial charge in [0.05, 0.1) is 25.4 Å². The smallest absolute Gasteiger partial charge is 0.373 e. The maximum Gasteiger partial charge on any atom is 0.373 e. The number of ether oxygens (including phenoxy) is 4. The number of Topliss-reactive ketones (excluding diaryl/α,β-unsaturated/α-hetero) is 1. The van der Waals surface area contributed by atoms with Crippen LogP contribution in [0.2, 0.25) is 0 Å². The molecule has 0 aliphatic carbocycles. The number of carbonyl (C=O) groups excluding carboxylic acids is 3. The number of hydrogen-bond acceptors (Lipinski definition) is 11. The molecule has 4 N–H and O–H groups in total. The maximum atomic E-state index is 13.5. The topological polar surface area (TPSA) is 186 Å². The number of carboxylic acids is 1. The van der Waals surface area contributed by atoms with Crippen LogP contribution in [-0.2, 0) is 38.1 Å². The average Bonchev–Trinajstić information content (AvgIpc) is 3.04. The molecule has 1 heterocycles. The molecule has 0 radical (unpaired) electrons. The van der Waals surface area contributed by atoms with Gasteiger partial charge in [-0.3, -0.25) is 4.79 Å². The second kappa shape index (κ2) is 20.8. The van der Waals surface area contributed by atoms with E-state index in [1.165, 1.54) is 34.1 Å². The highest BCUT2D eigenvalue weighted by Crippen LogP contribution is 2.28. The third-order valence-electron chi connectivity index (χ3n) is 9.05. The SMILES string of the molecule is COC1=CC(C)=C[C@@H](C)[C@@H](O)[C@@H](C)CC(C)=CC=C[C@H](OC)[C@@H]([C@@H](C)[C@@H](O)[C@H](C)C(=O)C[C@@H](OC(=O)/C=C/C(=O)O)[C@H](C)[C@@H](C)O)OC1=O. The normalized spacial score (nSPS) is 26.6. The summed E-state index contributed by atoms with van der Waals surface area (Å²) in [5.41, 5.74) is 1.67. The van der Waals surface area contributed by atoms with Gasteiger partial charge in [0.2, 0.25) is 5.76 Å². The van der Waals surface area contributed by atoms with Crippen LogP contribution in [0, 0.1) is 29.6 Å². The first-order valence-corrected chi connectivity index (χ1v) is 16.5. The lowest BCUT2D eigenvalue weighted by Crippen LogP contribution is -2.46. The summed E-state index contributed by atoms with van der Waals surface area (Å²) in [6.07, 6.45) is 4.15. The van der Waals surface area contributed by atoms with Gasteiger partial charge in [-0.25, -0.2) is 14.4 Å². The summed E-state index contributed by atoms with van der Waals surface area (Å²) in [7, 11) is 2.75. The molecule has 0 amide bonds. The molecule has 11 atom stereocenters. The minimum absolute atomic E-state index is 0.0551. The standard InChI is InChI=1S/C37H56O12/c1-20-12-11-13-29(46-9)36(49-37(45)31(47-10)18-21(2)17-23(4)34(43)22(3)16-20)26(7)35(44)25(6)28(39)19-30(24(5)27(8)38)48-33(42)15-14-32(40)41/h11-15,17-18,22-27,29-30,34-36,38,43-44H,16,19H2,1-10H3,(H,40,41)/b13-11?,15-14+,20-12?,21-17?,31-18?/t22-,23+,24+,25+,26-,27+,29-,30+,34-,35-,36+/m0/s1. The van der Waals surface area contributed by atoms with Gasteiger partial charge in [-0.1, -0.05) is 70.1 Å². The molecule has 0 saturated heterocycles. The summed E-state index contributed by atoms with van der Waals surface area (Å²) in [5, 5.41) is 41.4. The number of hydrogen-bond donors (Lipinski definition) is 4. The lowest BCUT2D eigenvalue weighted by molar-refractivity contribution is -0.162. The number of aliphatic hydroxyl groups excluding tert-OH is 3. The summed E-state index contributed by atoms with van der Waals surface area (Å²) >= 11 is 0. The van der Waals surface area contributed by atoms with E-state index in [-0.39, 0.29) is 24.0 Å². The van der Waals surface area contributed by atoms with Crippen LogP contribution in [0.4, 0.5) is 0 Å². The Morgan fingerprint density at radius 1 is 1.06 bits per heavy atom. The number of carbonyl (C=O) groups is 4. The van der Waals surface area contributed by atoms with E-state index in [4.69, 9.17) is 24.1 Å². The average molecular weight is 693 g/mol. The van der Waals surface area contributed by atoms with Gasteiger partial charge in [-0.2, -0.15) is 0 Å². The Morgan fingerprint density at radius 3 is 2.24 bits per heavy atom. The molecule has 1 rings (SSSR count). The first kappa shape index (κ1) is 43.4. The van der Waals surface area contributed by atoms with E-state index >= 15 is 0 Å². The van der Waals surface area contributed by atoms with Crippen molar-refractivity contribution >= 4 is 23.7 Å². The number of ketones is 1. The zero-order valence-corrected chi connectivity index (χ0v) is 30.4. The molecule has 276 valence electrons. The number of aliphatic hydroxyl groups is 3. The molecular weight excluding hydrogens is 636 g/mol. The second-order valence-electron chi connectivity index (χ2n) is 13.2. The van der Waals surface area contributed by atoms with E-state index in [0.717, 1.165) is 5.57 Å². The molecule has 12 heteroatoms. The molecule has 12 nitrogen and oxygen atoms in total. The van der Waals surface area contributed by atoms with Gasteiger partial charge in [0, 0.05) is 49.4 Å². The molecule has 1 aliphatic heterocycles. The third-order valence-corrected chi connectivity index (χ3v) is 9.05. The third kappa shape index (κ3) is 14.1. The largest absolute Gasteiger partial charge is 0.490 e. The Hall–Kier alpha value is -3.58. The number of rotatable bonds is 13. The molecular formula is C37H56O12. The van der Waals surface area contributed by atoms with E-state index in [2.05, 4.69) is 0 Å². The van der Waals surface area contributed by atoms with E-state index in [0.29, 0.717) is 24.1 Å². The number of carboxylic acid groups (broad SMARTS) is 1. The predicted molar refractivity (Wildman–Crippen MR) is 183 cm³/mol. The second-order valence-corrected chi connectivity index (χ2v) is 13.2. The number of allylic oxidation sites excluding steroid dienone is 5. The molecule has 0 fully saturated rings. The van der Waals surface area contributed by atoms with Crippen molar-refractivity contribution in [2.45, 2.75) is 105 Å². The van der Waals surface area contributed by atoms with Crippen LogP contribution < -0.4 is 0 Å². The summed E-state index contributed by atoms with van der Waals surface area (Å²) in [4.78, 5) is 50.0. The van der Waals surface area contributed by atoms with Gasteiger partial charge in [-0.05, 0) is 39.2 Å². The quantitative estimate of drug-likeness (QED) is 0.160. The number of cyclic esters (lactones) is 1. The Balaban J connectivity index is 3.49. The zero-order valence-electron chi connectivity index (χ0n) is 30.4. The van der Waals surface area contributed by atoms with Crippen molar-refractivity contribution in [3.05, 3.63) is 59.4 Å². The van der Waals surface area contributed by atoms with Crippen molar-refractivity contribution in [1.82, 2.24) is 0 Å². The Bertz CT molecular complexity index is 1280. The Morgan fingerprint density at radius 2 is 1.69 bits per heavy atom. The monoisotopic (exact) mass is 692 g/mol. The fraction of sp³-hybridized carbons (Fsp3) is 0.622. The fourth-order valence-electron chi connectivity index (χ4n) is 5.69. The van der Waals surface area contributed by atoms with Gasteiger partial charge in [0.1, 0.15) is 24.1 Å². The highest BCUT2D eigenvalue weighted by Gasteiger charge is 2.39. The zero-order chi connectivity index (χ0) is 37.6. The van der Waals surface area contributed by atoms with Crippen LogP contribution in [0.25, 0.3) is 0 Å². The number of esters is 2. The van der Waals surface area contributed by atoms with Gasteiger partial charge in [0.15, 0.2) is 0 Å². The Labute approximate surface area is 290 Å². The minimum Gasteiger partial charge on any atom is -0.490 e. The van der Waals surface area contributed by atoms with Crippen molar-refractivity contribution in [2.75, 3.05) is 14.2 Å². The summed E-state index contributed by atoms with van der Waals surface area (Å²) in [6, 6.07) is 0. The van der Waals surface area contributed by atoms with Gasteiger partial charge < -0.3 is 39.4 Å². The lowest BCUT2D eigenvalue weighted by Gasteiger charge is -2.34. The van der Waals surface area contributed by atoms with Crippen molar-refractivity contribution in [3.63, 3.8) is 0 Å². The van der Waals surface area contributed by atoms with Crippen molar-refractivity contribution in [3.8, 4) is 0 Å². The highest BCUT2D eigenvalue weighted by molar-refractivity contribution is 5.91. The molecule has 0 aromatic rings. The first-order valence-electron chi connectivity index (χ1n) is 16.5. The van der Waals surface area contributed by atoms with Gasteiger partial charge >= 0.3 is 17.9 Å². The van der Waals surface area contributed by atoms with Crippen LogP contribution in [0.15, 0.2) is 59.4 Å². The van der Waals surface area contributed by atoms with Crippen molar-refractivity contribution < 1.29 is 58.6 Å². The van der Waals surface area contributed by atoms with E-state index in [9.17, 15) is 34.5 Å². The fourth-order valence-corrected chi connectivity index (χ4v) is 5.69. The van der Waals surface area contributed by atoms with E-state index in [1.54, 1.807) is 32.9 Å². The van der Waals surface area contributed by atoms with Crippen LogP contribution in [-0.4, -0.2) is 95.0 Å². The molecule has 0 bridgehead atoms. The summed E-state index contributed by atoms with van der Waals surface area (Å²) in [5.74, 6) is -6.71. The number of aliphatic carboxylic acids is 1. The molecule has 0 spiro atoms. The van der Waals surface area contributed by atoms with E-state index < -0.39 is 78.1 Å². The van der Waals surface area contributed by atoms with Crippen molar-refractivity contribution in [2.24, 2.45) is 29.6 Å². The van der Waals surface area contributed by atoms with Crippen molar-refractivity contribution in [1.29, 1.82) is 0 Å². The minimum atomic E-state index is -1.37. The van der Waals surface area contributed by atoms with Crippen LogP contribution in [0.1, 0.15) is 68.2 Å². The van der Waals surface area contributed by atoms with E-state index in [1.807, 2.05) is 32.9 Å². The summed E-state index contributed by atoms with van der Waals surface area (Å²) < 4.78 is 22.3. The summed E-state index contributed by atoms with van der Waals surface area (Å²) in [6.45, 7) is 13.7.